The molecule has 5 rings (SSSR count). The summed E-state index contributed by atoms with van der Waals surface area (Å²) in [6.45, 7) is 1.84. The summed E-state index contributed by atoms with van der Waals surface area (Å²) in [7, 11) is 1.59. The number of aromatic nitrogens is 2. The zero-order valence-corrected chi connectivity index (χ0v) is 23.6. The van der Waals surface area contributed by atoms with E-state index in [0.29, 0.717) is 22.8 Å². The molecule has 0 atom stereocenters. The largest absolute Gasteiger partial charge is 0.494 e. The quantitative estimate of drug-likeness (QED) is 0.219. The maximum absolute atomic E-state index is 13.5. The minimum atomic E-state index is -0.353. The average Bonchev–Trinajstić information content (AvgIpc) is 3.22. The lowest BCUT2D eigenvalue weighted by Crippen LogP contribution is -2.23. The van der Waals surface area contributed by atoms with Crippen molar-refractivity contribution in [3.8, 4) is 11.4 Å². The Bertz CT molecular complexity index is 1550. The molecule has 2 aromatic carbocycles. The predicted molar refractivity (Wildman–Crippen MR) is 150 cm³/mol. The van der Waals surface area contributed by atoms with E-state index in [9.17, 15) is 9.59 Å². The first kappa shape index (κ1) is 24.9. The number of benzene rings is 2. The van der Waals surface area contributed by atoms with Crippen molar-refractivity contribution in [2.45, 2.75) is 32.6 Å². The Labute approximate surface area is 228 Å². The molecular weight excluding hydrogens is 608 g/mol. The highest BCUT2D eigenvalue weighted by molar-refractivity contribution is 9.11. The number of hydrogen-bond acceptors (Lipinski definition) is 6. The summed E-state index contributed by atoms with van der Waals surface area (Å²) < 4.78 is 8.46. The van der Waals surface area contributed by atoms with Gasteiger partial charge in [0.15, 0.2) is 0 Å². The second-order valence-corrected chi connectivity index (χ2v) is 11.2. The predicted octanol–water partition coefficient (Wildman–Crippen LogP) is 5.93. The molecule has 1 N–H and O–H groups in total. The van der Waals surface area contributed by atoms with E-state index in [1.54, 1.807) is 53.5 Å². The Morgan fingerprint density at radius 3 is 2.56 bits per heavy atom. The first-order valence-corrected chi connectivity index (χ1v) is 13.8. The Morgan fingerprint density at radius 1 is 1.17 bits per heavy atom. The molecule has 0 fully saturated rings. The molecule has 36 heavy (non-hydrogen) atoms. The van der Waals surface area contributed by atoms with Crippen LogP contribution in [-0.4, -0.2) is 28.8 Å². The maximum Gasteiger partial charge on any atom is 0.271 e. The van der Waals surface area contributed by atoms with Crippen molar-refractivity contribution in [3.63, 3.8) is 0 Å². The number of halogens is 2. The summed E-state index contributed by atoms with van der Waals surface area (Å²) in [6.07, 6.45) is 5.77. The van der Waals surface area contributed by atoms with E-state index in [1.807, 2.05) is 19.1 Å². The van der Waals surface area contributed by atoms with Crippen LogP contribution in [0.5, 0.6) is 5.75 Å². The van der Waals surface area contributed by atoms with Crippen molar-refractivity contribution in [2.75, 3.05) is 7.11 Å². The first-order valence-electron chi connectivity index (χ1n) is 11.4. The molecule has 0 saturated carbocycles. The fraction of sp³-hybridized carbons (Fsp3) is 0.231. The van der Waals surface area contributed by atoms with Gasteiger partial charge >= 0.3 is 0 Å². The van der Waals surface area contributed by atoms with E-state index < -0.39 is 0 Å². The van der Waals surface area contributed by atoms with Gasteiger partial charge in [-0.2, -0.15) is 5.10 Å². The van der Waals surface area contributed by atoms with Crippen molar-refractivity contribution in [3.05, 3.63) is 83.1 Å². The molecule has 0 aliphatic heterocycles. The van der Waals surface area contributed by atoms with Crippen molar-refractivity contribution in [2.24, 2.45) is 5.10 Å². The Kier molecular flexibility index (Phi) is 7.09. The summed E-state index contributed by atoms with van der Waals surface area (Å²) >= 11 is 8.54. The summed E-state index contributed by atoms with van der Waals surface area (Å²) in [5.41, 5.74) is 5.54. The number of nitrogens with zero attached hydrogens (tertiary/aromatic N) is 3. The lowest BCUT2D eigenvalue weighted by atomic mass is 9.97. The molecule has 2 heterocycles. The number of carbonyl (C=O) groups is 1. The summed E-state index contributed by atoms with van der Waals surface area (Å²) in [5.74, 6) is 0.956. The second-order valence-electron chi connectivity index (χ2n) is 8.45. The zero-order valence-electron chi connectivity index (χ0n) is 19.6. The van der Waals surface area contributed by atoms with Gasteiger partial charge in [-0.15, -0.1) is 11.3 Å². The third kappa shape index (κ3) is 4.65. The molecule has 2 aromatic heterocycles. The smallest absolute Gasteiger partial charge is 0.271 e. The lowest BCUT2D eigenvalue weighted by molar-refractivity contribution is 0.0955. The highest BCUT2D eigenvalue weighted by Crippen LogP contribution is 2.35. The molecule has 0 bridgehead atoms. The van der Waals surface area contributed by atoms with Crippen LogP contribution in [0.4, 0.5) is 0 Å². The van der Waals surface area contributed by atoms with E-state index in [-0.39, 0.29) is 11.5 Å². The van der Waals surface area contributed by atoms with Gasteiger partial charge in [-0.05, 0) is 112 Å². The van der Waals surface area contributed by atoms with Crippen molar-refractivity contribution < 1.29 is 9.53 Å². The monoisotopic (exact) mass is 628 g/mol. The summed E-state index contributed by atoms with van der Waals surface area (Å²) in [6, 6.07) is 10.6. The molecule has 1 aliphatic rings. The Morgan fingerprint density at radius 2 is 1.86 bits per heavy atom. The molecule has 4 aromatic rings. The number of hydrazone groups is 1. The molecular formula is C26H22Br2N4O3S. The molecule has 0 unspecified atom stereocenters. The van der Waals surface area contributed by atoms with Crippen molar-refractivity contribution in [1.82, 2.24) is 15.0 Å². The topological polar surface area (TPSA) is 85.6 Å². The molecule has 7 nitrogen and oxygen atoms in total. The van der Waals surface area contributed by atoms with Gasteiger partial charge in [-0.1, -0.05) is 0 Å². The van der Waals surface area contributed by atoms with Gasteiger partial charge in [0.25, 0.3) is 11.5 Å². The number of methoxy groups -OCH3 is 1. The number of thiophene rings is 1. The number of hydrogen-bond donors (Lipinski definition) is 1. The van der Waals surface area contributed by atoms with Gasteiger partial charge in [0.2, 0.25) is 0 Å². The number of aryl methyl sites for hydroxylation is 3. The highest BCUT2D eigenvalue weighted by Gasteiger charge is 2.21. The van der Waals surface area contributed by atoms with Gasteiger partial charge in [0, 0.05) is 10.4 Å². The van der Waals surface area contributed by atoms with Crippen LogP contribution in [0.1, 0.15) is 45.0 Å². The van der Waals surface area contributed by atoms with Crippen LogP contribution in [0.3, 0.4) is 0 Å². The molecule has 1 amide bonds. The lowest BCUT2D eigenvalue weighted by Gasteiger charge is -2.12. The van der Waals surface area contributed by atoms with Crippen LogP contribution in [0.2, 0.25) is 0 Å². The molecule has 1 aliphatic carbocycles. The van der Waals surface area contributed by atoms with E-state index in [1.165, 1.54) is 4.88 Å². The van der Waals surface area contributed by atoms with Crippen LogP contribution in [0, 0.1) is 6.92 Å². The number of carbonyl (C=O) groups excluding carboxylic acids is 1. The molecule has 184 valence electrons. The molecule has 0 saturated heterocycles. The van der Waals surface area contributed by atoms with Gasteiger partial charge in [0.1, 0.15) is 16.4 Å². The molecule has 0 radical (unpaired) electrons. The van der Waals surface area contributed by atoms with Crippen LogP contribution in [0.25, 0.3) is 15.9 Å². The van der Waals surface area contributed by atoms with E-state index >= 15 is 0 Å². The van der Waals surface area contributed by atoms with E-state index in [0.717, 1.165) is 56.0 Å². The summed E-state index contributed by atoms with van der Waals surface area (Å²) in [4.78, 5) is 32.9. The zero-order chi connectivity index (χ0) is 25.4. The SMILES string of the molecule is COc1c(Br)cc(/C=N\NC(=O)c2ccc(-n3c(C)nc4sc5c(c4c3=O)CCCC5)cc2)cc1Br. The number of fused-ring (bicyclic) bond motifs is 3. The Hall–Kier alpha value is -2.82. The normalized spacial score (nSPS) is 13.2. The van der Waals surface area contributed by atoms with E-state index in [4.69, 9.17) is 9.72 Å². The number of rotatable bonds is 5. The average molecular weight is 630 g/mol. The number of ether oxygens (including phenoxy) is 1. The third-order valence-corrected chi connectivity index (χ3v) is 8.51. The Balaban J connectivity index is 1.36. The van der Waals surface area contributed by atoms with E-state index in [2.05, 4.69) is 42.4 Å². The minimum Gasteiger partial charge on any atom is -0.494 e. The van der Waals surface area contributed by atoms with Crippen LogP contribution < -0.4 is 15.7 Å². The fourth-order valence-corrected chi connectivity index (χ4v) is 7.29. The van der Waals surface area contributed by atoms with Crippen molar-refractivity contribution in [1.29, 1.82) is 0 Å². The van der Waals surface area contributed by atoms with Crippen molar-refractivity contribution >= 4 is 65.5 Å². The number of nitrogens with one attached hydrogen (secondary N) is 1. The third-order valence-electron chi connectivity index (χ3n) is 6.15. The number of amides is 1. The maximum atomic E-state index is 13.5. The minimum absolute atomic E-state index is 0.0458. The highest BCUT2D eigenvalue weighted by atomic mass is 79.9. The van der Waals surface area contributed by atoms with Crippen LogP contribution >= 0.6 is 43.2 Å². The standard InChI is InChI=1S/C26H22Br2N4O3S/c1-14-30-25-22(18-5-3-4-6-21(18)36-25)26(34)32(14)17-9-7-16(8-10-17)24(33)31-29-13-15-11-19(27)23(35-2)20(28)12-15/h7-13H,3-6H2,1-2H3,(H,31,33)/b29-13-. The van der Waals surface area contributed by atoms with Gasteiger partial charge in [0.05, 0.1) is 33.3 Å². The van der Waals surface area contributed by atoms with Crippen LogP contribution in [-0.2, 0) is 12.8 Å². The van der Waals surface area contributed by atoms with Gasteiger partial charge < -0.3 is 4.74 Å². The fourth-order valence-electron chi connectivity index (χ4n) is 4.45. The van der Waals surface area contributed by atoms with Crippen LogP contribution in [0.15, 0.2) is 55.2 Å². The summed E-state index contributed by atoms with van der Waals surface area (Å²) in [5, 5.41) is 4.81. The molecule has 10 heteroatoms. The molecule has 0 spiro atoms. The van der Waals surface area contributed by atoms with Gasteiger partial charge in [-0.3, -0.25) is 14.2 Å². The van der Waals surface area contributed by atoms with Gasteiger partial charge in [-0.25, -0.2) is 10.4 Å². The second kappa shape index (κ2) is 10.3. The first-order chi connectivity index (χ1) is 17.4.